The van der Waals surface area contributed by atoms with Crippen molar-refractivity contribution in [1.29, 1.82) is 0 Å². The number of carbonyl (C=O) groups excluding carboxylic acids is 1. The Morgan fingerprint density at radius 2 is 2.00 bits per heavy atom. The van der Waals surface area contributed by atoms with Gasteiger partial charge >= 0.3 is 12.0 Å². The van der Waals surface area contributed by atoms with E-state index in [-0.39, 0.29) is 23.3 Å². The maximum atomic E-state index is 12.2. The average molecular weight is 351 g/mol. The summed E-state index contributed by atoms with van der Waals surface area (Å²) < 4.78 is 5.37. The van der Waals surface area contributed by atoms with Gasteiger partial charge in [-0.05, 0) is 38.7 Å². The van der Waals surface area contributed by atoms with E-state index in [0.717, 1.165) is 0 Å². The van der Waals surface area contributed by atoms with Gasteiger partial charge in [0.1, 0.15) is 5.75 Å². The van der Waals surface area contributed by atoms with E-state index in [9.17, 15) is 19.7 Å². The van der Waals surface area contributed by atoms with Crippen molar-refractivity contribution in [2.45, 2.75) is 38.6 Å². The second kappa shape index (κ2) is 8.32. The predicted molar refractivity (Wildman–Crippen MR) is 89.8 cm³/mol. The molecule has 3 N–H and O–H groups in total. The lowest BCUT2D eigenvalue weighted by atomic mass is 9.86. The first-order chi connectivity index (χ1) is 11.9. The van der Waals surface area contributed by atoms with Crippen LogP contribution in [0.2, 0.25) is 0 Å². The maximum absolute atomic E-state index is 12.2. The third-order valence-electron chi connectivity index (χ3n) is 4.13. The molecule has 0 aromatic heterocycles. The lowest BCUT2D eigenvalue weighted by molar-refractivity contribution is -0.384. The fourth-order valence-electron chi connectivity index (χ4n) is 2.84. The summed E-state index contributed by atoms with van der Waals surface area (Å²) in [7, 11) is 0. The summed E-state index contributed by atoms with van der Waals surface area (Å²) >= 11 is 0. The summed E-state index contributed by atoms with van der Waals surface area (Å²) in [6.07, 6.45) is 2.19. The molecule has 0 atom stereocenters. The molecule has 0 aliphatic heterocycles. The highest BCUT2D eigenvalue weighted by Gasteiger charge is 2.27. The third kappa shape index (κ3) is 5.07. The van der Waals surface area contributed by atoms with Gasteiger partial charge in [0.2, 0.25) is 0 Å². The van der Waals surface area contributed by atoms with Crippen molar-refractivity contribution < 1.29 is 24.4 Å². The van der Waals surface area contributed by atoms with Gasteiger partial charge in [-0.1, -0.05) is 0 Å². The predicted octanol–water partition coefficient (Wildman–Crippen LogP) is 2.76. The Morgan fingerprint density at radius 3 is 2.56 bits per heavy atom. The molecule has 0 bridgehead atoms. The number of hydrogen-bond acceptors (Lipinski definition) is 5. The van der Waals surface area contributed by atoms with Crippen molar-refractivity contribution in [2.24, 2.45) is 5.92 Å². The van der Waals surface area contributed by atoms with Crippen LogP contribution in [0.1, 0.15) is 32.6 Å². The molecule has 9 heteroatoms. The molecule has 0 heterocycles. The van der Waals surface area contributed by atoms with Gasteiger partial charge in [-0.3, -0.25) is 14.9 Å². The van der Waals surface area contributed by atoms with E-state index >= 15 is 0 Å². The van der Waals surface area contributed by atoms with Gasteiger partial charge in [0.15, 0.2) is 0 Å². The summed E-state index contributed by atoms with van der Waals surface area (Å²) in [4.78, 5) is 33.5. The van der Waals surface area contributed by atoms with Crippen LogP contribution in [-0.2, 0) is 4.79 Å². The van der Waals surface area contributed by atoms with E-state index in [1.807, 2.05) is 0 Å². The molecule has 9 nitrogen and oxygen atoms in total. The number of urea groups is 1. The van der Waals surface area contributed by atoms with Crippen LogP contribution in [0.3, 0.4) is 0 Å². The van der Waals surface area contributed by atoms with Crippen LogP contribution in [0.4, 0.5) is 16.2 Å². The highest BCUT2D eigenvalue weighted by atomic mass is 16.6. The van der Waals surface area contributed by atoms with Crippen LogP contribution in [-0.4, -0.2) is 34.7 Å². The molecule has 0 spiro atoms. The summed E-state index contributed by atoms with van der Waals surface area (Å²) in [5.74, 6) is -0.818. The number of aliphatic carboxylic acids is 1. The molecular weight excluding hydrogens is 330 g/mol. The standard InChI is InChI=1S/C16H21N3O6/c1-2-25-14-8-7-12(19(23)24)9-13(14)18-16(22)17-11-5-3-10(4-6-11)15(20)21/h7-11H,2-6H2,1H3,(H,20,21)(H2,17,18,22). The van der Waals surface area contributed by atoms with Crippen LogP contribution in [0.5, 0.6) is 5.75 Å². The molecule has 2 rings (SSSR count). The van der Waals surface area contributed by atoms with Crippen molar-refractivity contribution in [3.8, 4) is 5.75 Å². The number of benzene rings is 1. The third-order valence-corrected chi connectivity index (χ3v) is 4.13. The van der Waals surface area contributed by atoms with E-state index in [0.29, 0.717) is 38.0 Å². The number of carboxylic acids is 1. The number of amides is 2. The molecule has 1 aliphatic rings. The summed E-state index contributed by atoms with van der Waals surface area (Å²) in [5, 5.41) is 25.2. The first-order valence-electron chi connectivity index (χ1n) is 8.12. The SMILES string of the molecule is CCOc1ccc([N+](=O)[O-])cc1NC(=O)NC1CCC(C(=O)O)CC1. The smallest absolute Gasteiger partial charge is 0.319 e. The summed E-state index contributed by atoms with van der Waals surface area (Å²) in [6, 6.07) is 3.37. The zero-order chi connectivity index (χ0) is 18.4. The van der Waals surface area contributed by atoms with Crippen molar-refractivity contribution in [3.05, 3.63) is 28.3 Å². The number of nitrogens with one attached hydrogen (secondary N) is 2. The molecular formula is C16H21N3O6. The maximum Gasteiger partial charge on any atom is 0.319 e. The van der Waals surface area contributed by atoms with E-state index in [1.54, 1.807) is 6.92 Å². The van der Waals surface area contributed by atoms with Crippen molar-refractivity contribution >= 4 is 23.4 Å². The van der Waals surface area contributed by atoms with Gasteiger partial charge in [-0.2, -0.15) is 0 Å². The molecule has 0 unspecified atom stereocenters. The Hall–Kier alpha value is -2.84. The fraction of sp³-hybridized carbons (Fsp3) is 0.500. The number of carbonyl (C=O) groups is 2. The molecule has 1 aliphatic carbocycles. The molecule has 1 aromatic carbocycles. The fourth-order valence-corrected chi connectivity index (χ4v) is 2.84. The minimum atomic E-state index is -0.805. The molecule has 136 valence electrons. The molecule has 1 aromatic rings. The van der Waals surface area contributed by atoms with Crippen molar-refractivity contribution in [1.82, 2.24) is 5.32 Å². The van der Waals surface area contributed by atoms with E-state index < -0.39 is 16.9 Å². The summed E-state index contributed by atoms with van der Waals surface area (Å²) in [6.45, 7) is 2.12. The number of anilines is 1. The Labute approximate surface area is 144 Å². The van der Waals surface area contributed by atoms with Crippen LogP contribution < -0.4 is 15.4 Å². The number of non-ortho nitro benzene ring substituents is 1. The molecule has 25 heavy (non-hydrogen) atoms. The lowest BCUT2D eigenvalue weighted by Crippen LogP contribution is -2.41. The monoisotopic (exact) mass is 351 g/mol. The lowest BCUT2D eigenvalue weighted by Gasteiger charge is -2.27. The molecule has 2 amide bonds. The largest absolute Gasteiger partial charge is 0.492 e. The van der Waals surface area contributed by atoms with Crippen LogP contribution in [0.25, 0.3) is 0 Å². The summed E-state index contributed by atoms with van der Waals surface area (Å²) in [5.41, 5.74) is 0.0634. The van der Waals surface area contributed by atoms with Gasteiger partial charge in [-0.15, -0.1) is 0 Å². The van der Waals surface area contributed by atoms with Crippen molar-refractivity contribution in [2.75, 3.05) is 11.9 Å². The van der Waals surface area contributed by atoms with Gasteiger partial charge in [0.25, 0.3) is 5.69 Å². The minimum absolute atomic E-state index is 0.121. The number of nitrogens with zero attached hydrogens (tertiary/aromatic N) is 1. The number of rotatable bonds is 6. The quantitative estimate of drug-likeness (QED) is 0.533. The van der Waals surface area contributed by atoms with Gasteiger partial charge in [-0.25, -0.2) is 4.79 Å². The highest BCUT2D eigenvalue weighted by Crippen LogP contribution is 2.29. The number of nitro benzene ring substituents is 1. The normalized spacial score (nSPS) is 19.7. The second-order valence-electron chi connectivity index (χ2n) is 5.86. The van der Waals surface area contributed by atoms with E-state index in [1.165, 1.54) is 18.2 Å². The Bertz CT molecular complexity index is 655. The average Bonchev–Trinajstić information content (AvgIpc) is 2.56. The molecule has 1 saturated carbocycles. The first kappa shape index (κ1) is 18.5. The Balaban J connectivity index is 1.98. The number of nitro groups is 1. The Morgan fingerprint density at radius 1 is 1.32 bits per heavy atom. The zero-order valence-corrected chi connectivity index (χ0v) is 13.9. The van der Waals surface area contributed by atoms with Crippen LogP contribution in [0.15, 0.2) is 18.2 Å². The van der Waals surface area contributed by atoms with E-state index in [4.69, 9.17) is 9.84 Å². The Kier molecular flexibility index (Phi) is 6.15. The van der Waals surface area contributed by atoms with Gasteiger partial charge in [0.05, 0.1) is 23.1 Å². The van der Waals surface area contributed by atoms with Crippen LogP contribution in [0, 0.1) is 16.0 Å². The zero-order valence-electron chi connectivity index (χ0n) is 13.9. The highest BCUT2D eigenvalue weighted by molar-refractivity contribution is 5.91. The van der Waals surface area contributed by atoms with E-state index in [2.05, 4.69) is 10.6 Å². The minimum Gasteiger partial charge on any atom is -0.492 e. The molecule has 1 fully saturated rings. The van der Waals surface area contributed by atoms with Crippen molar-refractivity contribution in [3.63, 3.8) is 0 Å². The topological polar surface area (TPSA) is 131 Å². The van der Waals surface area contributed by atoms with Crippen LogP contribution >= 0.6 is 0 Å². The molecule has 0 saturated heterocycles. The number of hydrogen-bond donors (Lipinski definition) is 3. The van der Waals surface area contributed by atoms with Gasteiger partial charge in [0, 0.05) is 18.2 Å². The number of ether oxygens (including phenoxy) is 1. The second-order valence-corrected chi connectivity index (χ2v) is 5.86. The number of carboxylic acid groups (broad SMARTS) is 1. The van der Waals surface area contributed by atoms with Gasteiger partial charge < -0.3 is 20.5 Å². The first-order valence-corrected chi connectivity index (χ1v) is 8.12. The molecule has 0 radical (unpaired) electrons.